The van der Waals surface area contributed by atoms with Crippen LogP contribution >= 0.6 is 0 Å². The Morgan fingerprint density at radius 3 is 2.65 bits per heavy atom. The summed E-state index contributed by atoms with van der Waals surface area (Å²) in [6.45, 7) is -0.723. The zero-order valence-electron chi connectivity index (χ0n) is 9.24. The fourth-order valence-electron chi connectivity index (χ4n) is 1.85. The number of hydrogen-bond acceptors (Lipinski definition) is 3. The number of nitrogens with zero attached hydrogens (tertiary/aromatic N) is 2. The smallest absolute Gasteiger partial charge is 0.359 e. The average Bonchev–Trinajstić information content (AvgIpc) is 3.08. The molecule has 0 radical (unpaired) electrons. The molecule has 0 unspecified atom stereocenters. The lowest BCUT2D eigenvalue weighted by atomic mass is 10.2. The van der Waals surface area contributed by atoms with Crippen LogP contribution in [0.1, 0.15) is 18.4 Å². The van der Waals surface area contributed by atoms with Crippen molar-refractivity contribution >= 4 is 5.69 Å². The summed E-state index contributed by atoms with van der Waals surface area (Å²) in [5, 5.41) is 0. The van der Waals surface area contributed by atoms with Crippen molar-refractivity contribution in [1.82, 2.24) is 4.98 Å². The van der Waals surface area contributed by atoms with Gasteiger partial charge in [0.05, 0.1) is 0 Å². The molecule has 1 aromatic heterocycles. The molecule has 1 saturated carbocycles. The Labute approximate surface area is 97.4 Å². The second kappa shape index (κ2) is 4.52. The van der Waals surface area contributed by atoms with Crippen molar-refractivity contribution in [2.45, 2.75) is 31.6 Å². The summed E-state index contributed by atoms with van der Waals surface area (Å²) in [6.07, 6.45) is 0.448. The van der Waals surface area contributed by atoms with Gasteiger partial charge in [0.15, 0.2) is 0 Å². The van der Waals surface area contributed by atoms with E-state index in [0.29, 0.717) is 11.3 Å². The molecule has 0 spiro atoms. The first-order chi connectivity index (χ1) is 8.01. The Hall–Kier alpha value is -1.30. The fraction of sp³-hybridized carbons (Fsp3) is 0.545. The van der Waals surface area contributed by atoms with E-state index in [1.54, 1.807) is 6.07 Å². The van der Waals surface area contributed by atoms with Crippen LogP contribution in [-0.4, -0.2) is 23.7 Å². The summed E-state index contributed by atoms with van der Waals surface area (Å²) in [4.78, 5) is 5.28. The molecule has 6 heteroatoms. The summed E-state index contributed by atoms with van der Waals surface area (Å²) in [6, 6.07) is 1.59. The van der Waals surface area contributed by atoms with Crippen molar-refractivity contribution in [2.75, 3.05) is 11.4 Å². The molecule has 3 nitrogen and oxygen atoms in total. The van der Waals surface area contributed by atoms with Crippen LogP contribution in [0.4, 0.5) is 18.9 Å². The first-order valence-corrected chi connectivity index (χ1v) is 5.47. The number of nitrogens with two attached hydrogens (primary N) is 1. The van der Waals surface area contributed by atoms with Gasteiger partial charge in [-0.05, 0) is 18.9 Å². The van der Waals surface area contributed by atoms with Gasteiger partial charge in [0.2, 0.25) is 0 Å². The van der Waals surface area contributed by atoms with Crippen molar-refractivity contribution in [3.05, 3.63) is 24.0 Å². The zero-order valence-corrected chi connectivity index (χ0v) is 9.24. The van der Waals surface area contributed by atoms with Gasteiger partial charge in [-0.1, -0.05) is 0 Å². The third-order valence-corrected chi connectivity index (χ3v) is 2.74. The zero-order chi connectivity index (χ0) is 12.5. The van der Waals surface area contributed by atoms with Crippen LogP contribution < -0.4 is 10.6 Å². The van der Waals surface area contributed by atoms with Gasteiger partial charge in [0.1, 0.15) is 6.54 Å². The highest BCUT2D eigenvalue weighted by molar-refractivity contribution is 5.54. The van der Waals surface area contributed by atoms with E-state index in [1.165, 1.54) is 17.3 Å². The SMILES string of the molecule is NCc1cnccc1N(CC(F)(F)F)C1CC1. The highest BCUT2D eigenvalue weighted by atomic mass is 19.4. The van der Waals surface area contributed by atoms with Crippen LogP contribution in [0.3, 0.4) is 0 Å². The number of alkyl halides is 3. The Kier molecular flexibility index (Phi) is 3.24. The summed E-state index contributed by atoms with van der Waals surface area (Å²) in [5.41, 5.74) is 6.74. The molecule has 94 valence electrons. The monoisotopic (exact) mass is 245 g/mol. The molecule has 0 bridgehead atoms. The minimum atomic E-state index is -4.20. The molecular weight excluding hydrogens is 231 g/mol. The maximum Gasteiger partial charge on any atom is 0.405 e. The maximum atomic E-state index is 12.5. The second-order valence-electron chi connectivity index (χ2n) is 4.18. The summed E-state index contributed by atoms with van der Waals surface area (Å²) < 4.78 is 37.6. The summed E-state index contributed by atoms with van der Waals surface area (Å²) in [7, 11) is 0. The van der Waals surface area contributed by atoms with E-state index in [1.807, 2.05) is 0 Å². The molecule has 1 aliphatic carbocycles. The number of anilines is 1. The van der Waals surface area contributed by atoms with Gasteiger partial charge < -0.3 is 10.6 Å². The molecule has 17 heavy (non-hydrogen) atoms. The first-order valence-electron chi connectivity index (χ1n) is 5.47. The average molecular weight is 245 g/mol. The van der Waals surface area contributed by atoms with Crippen molar-refractivity contribution in [1.29, 1.82) is 0 Å². The normalized spacial score (nSPS) is 16.0. The Morgan fingerprint density at radius 1 is 1.41 bits per heavy atom. The highest BCUT2D eigenvalue weighted by Crippen LogP contribution is 2.35. The number of aromatic nitrogens is 1. The third-order valence-electron chi connectivity index (χ3n) is 2.74. The molecule has 1 aliphatic rings. The van der Waals surface area contributed by atoms with Crippen LogP contribution in [0, 0.1) is 0 Å². The van der Waals surface area contributed by atoms with Gasteiger partial charge in [-0.15, -0.1) is 0 Å². The van der Waals surface area contributed by atoms with E-state index in [4.69, 9.17) is 5.73 Å². The minimum Gasteiger partial charge on any atom is -0.359 e. The number of hydrogen-bond donors (Lipinski definition) is 1. The van der Waals surface area contributed by atoms with Crippen molar-refractivity contribution < 1.29 is 13.2 Å². The minimum absolute atomic E-state index is 0.00988. The quantitative estimate of drug-likeness (QED) is 0.883. The second-order valence-corrected chi connectivity index (χ2v) is 4.18. The maximum absolute atomic E-state index is 12.5. The van der Waals surface area contributed by atoms with Gasteiger partial charge in [0.25, 0.3) is 0 Å². The van der Waals surface area contributed by atoms with Crippen LogP contribution in [0.25, 0.3) is 0 Å². The fourth-order valence-corrected chi connectivity index (χ4v) is 1.85. The van der Waals surface area contributed by atoms with E-state index in [-0.39, 0.29) is 12.6 Å². The Morgan fingerprint density at radius 2 is 2.12 bits per heavy atom. The summed E-state index contributed by atoms with van der Waals surface area (Å²) in [5.74, 6) is 0. The summed E-state index contributed by atoms with van der Waals surface area (Å²) >= 11 is 0. The van der Waals surface area contributed by atoms with Crippen LogP contribution in [0.2, 0.25) is 0 Å². The van der Waals surface area contributed by atoms with Crippen molar-refractivity contribution in [3.8, 4) is 0 Å². The number of rotatable bonds is 4. The van der Waals surface area contributed by atoms with Crippen LogP contribution in [0.15, 0.2) is 18.5 Å². The van der Waals surface area contributed by atoms with Gasteiger partial charge in [-0.25, -0.2) is 0 Å². The first kappa shape index (κ1) is 12.2. The number of halogens is 3. The third kappa shape index (κ3) is 3.09. The van der Waals surface area contributed by atoms with E-state index >= 15 is 0 Å². The van der Waals surface area contributed by atoms with Crippen molar-refractivity contribution in [2.24, 2.45) is 5.73 Å². The molecule has 0 aliphatic heterocycles. The van der Waals surface area contributed by atoms with E-state index < -0.39 is 12.7 Å². The number of pyridine rings is 1. The van der Waals surface area contributed by atoms with Gasteiger partial charge in [-0.3, -0.25) is 4.98 Å². The van der Waals surface area contributed by atoms with Gasteiger partial charge in [-0.2, -0.15) is 13.2 Å². The molecule has 2 rings (SSSR count). The lowest BCUT2D eigenvalue weighted by Gasteiger charge is -2.27. The molecular formula is C11H14F3N3. The van der Waals surface area contributed by atoms with Crippen molar-refractivity contribution in [3.63, 3.8) is 0 Å². The van der Waals surface area contributed by atoms with Gasteiger partial charge in [0, 0.05) is 36.2 Å². The topological polar surface area (TPSA) is 42.1 Å². The van der Waals surface area contributed by atoms with E-state index in [9.17, 15) is 13.2 Å². The predicted octanol–water partition coefficient (Wildman–Crippen LogP) is 2.07. The molecule has 0 saturated heterocycles. The molecule has 0 amide bonds. The predicted molar refractivity (Wildman–Crippen MR) is 58.6 cm³/mol. The highest BCUT2D eigenvalue weighted by Gasteiger charge is 2.38. The van der Waals surface area contributed by atoms with E-state index in [0.717, 1.165) is 12.8 Å². The molecule has 0 aromatic carbocycles. The Bertz CT molecular complexity index is 388. The molecule has 2 N–H and O–H groups in total. The van der Waals surface area contributed by atoms with Crippen LogP contribution in [-0.2, 0) is 6.54 Å². The lowest BCUT2D eigenvalue weighted by molar-refractivity contribution is -0.120. The Balaban J connectivity index is 2.26. The standard InChI is InChI=1S/C11H14F3N3/c12-11(13,14)7-17(9-1-2-9)10-3-4-16-6-8(10)5-15/h3-4,6,9H,1-2,5,7,15H2. The molecule has 1 aromatic rings. The molecule has 1 fully saturated rings. The van der Waals surface area contributed by atoms with Crippen LogP contribution in [0.5, 0.6) is 0 Å². The molecule has 0 atom stereocenters. The lowest BCUT2D eigenvalue weighted by Crippen LogP contribution is -2.36. The molecule has 1 heterocycles. The van der Waals surface area contributed by atoms with E-state index in [2.05, 4.69) is 4.98 Å². The largest absolute Gasteiger partial charge is 0.405 e. The van der Waals surface area contributed by atoms with Gasteiger partial charge >= 0.3 is 6.18 Å².